The third-order valence-electron chi connectivity index (χ3n) is 4.38. The lowest BCUT2D eigenvalue weighted by atomic mass is 10.0. The van der Waals surface area contributed by atoms with Gasteiger partial charge < -0.3 is 0 Å². The molecular formula is C16H24ClNO2S. The van der Waals surface area contributed by atoms with Gasteiger partial charge in [0.25, 0.3) is 0 Å². The number of sulfonamides is 1. The highest BCUT2D eigenvalue weighted by molar-refractivity contribution is 7.89. The van der Waals surface area contributed by atoms with Crippen LogP contribution in [0.3, 0.4) is 0 Å². The van der Waals surface area contributed by atoms with Crippen LogP contribution in [0.5, 0.6) is 0 Å². The number of rotatable bonds is 4. The van der Waals surface area contributed by atoms with Crippen LogP contribution in [0.15, 0.2) is 17.0 Å². The Labute approximate surface area is 133 Å². The van der Waals surface area contributed by atoms with E-state index in [1.165, 1.54) is 0 Å². The number of alkyl halides is 1. The van der Waals surface area contributed by atoms with Crippen molar-refractivity contribution in [2.45, 2.75) is 57.4 Å². The predicted molar refractivity (Wildman–Crippen MR) is 87.2 cm³/mol. The van der Waals surface area contributed by atoms with E-state index in [9.17, 15) is 8.42 Å². The molecule has 0 aliphatic carbocycles. The second-order valence-corrected chi connectivity index (χ2v) is 8.37. The Bertz CT molecular complexity index is 625. The highest BCUT2D eigenvalue weighted by Gasteiger charge is 2.37. The number of hydrogen-bond donors (Lipinski definition) is 0. The molecule has 0 aromatic heterocycles. The van der Waals surface area contributed by atoms with Crippen LogP contribution >= 0.6 is 11.6 Å². The zero-order valence-corrected chi connectivity index (χ0v) is 14.8. The third-order valence-corrected chi connectivity index (χ3v) is 6.74. The Balaban J connectivity index is 2.49. The van der Waals surface area contributed by atoms with Gasteiger partial charge >= 0.3 is 0 Å². The monoisotopic (exact) mass is 329 g/mol. The molecule has 0 spiro atoms. The van der Waals surface area contributed by atoms with Gasteiger partial charge in [0.15, 0.2) is 0 Å². The molecule has 1 unspecified atom stereocenters. The second-order valence-electron chi connectivity index (χ2n) is 6.25. The SMILES string of the molecule is Cc1cc(C)c(S(=O)(=O)N2CCCC2C(C)C)cc1CCl. The van der Waals surface area contributed by atoms with Gasteiger partial charge in [-0.05, 0) is 55.4 Å². The molecule has 0 radical (unpaired) electrons. The Kier molecular flexibility index (Phi) is 5.01. The summed E-state index contributed by atoms with van der Waals surface area (Å²) < 4.78 is 27.8. The highest BCUT2D eigenvalue weighted by atomic mass is 35.5. The van der Waals surface area contributed by atoms with Crippen LogP contribution < -0.4 is 0 Å². The van der Waals surface area contributed by atoms with E-state index in [1.54, 1.807) is 10.4 Å². The fourth-order valence-electron chi connectivity index (χ4n) is 3.15. The molecule has 1 heterocycles. The van der Waals surface area contributed by atoms with Crippen molar-refractivity contribution in [2.24, 2.45) is 5.92 Å². The molecule has 1 fully saturated rings. The summed E-state index contributed by atoms with van der Waals surface area (Å²) in [5.41, 5.74) is 2.74. The molecule has 2 rings (SSSR count). The van der Waals surface area contributed by atoms with E-state index in [2.05, 4.69) is 13.8 Å². The molecule has 1 aliphatic rings. The molecule has 0 N–H and O–H groups in total. The Hall–Kier alpha value is -0.580. The fraction of sp³-hybridized carbons (Fsp3) is 0.625. The average molecular weight is 330 g/mol. The molecule has 3 nitrogen and oxygen atoms in total. The minimum absolute atomic E-state index is 0.107. The summed E-state index contributed by atoms with van der Waals surface area (Å²) in [6, 6.07) is 3.78. The summed E-state index contributed by atoms with van der Waals surface area (Å²) in [4.78, 5) is 0.413. The first kappa shape index (κ1) is 16.8. The number of benzene rings is 1. The second kappa shape index (κ2) is 6.27. The van der Waals surface area contributed by atoms with E-state index in [4.69, 9.17) is 11.6 Å². The minimum Gasteiger partial charge on any atom is -0.207 e. The molecule has 21 heavy (non-hydrogen) atoms. The van der Waals surface area contributed by atoms with Gasteiger partial charge in [0, 0.05) is 18.5 Å². The summed E-state index contributed by atoms with van der Waals surface area (Å²) in [5, 5.41) is 0. The zero-order chi connectivity index (χ0) is 15.8. The van der Waals surface area contributed by atoms with Crippen molar-refractivity contribution in [2.75, 3.05) is 6.54 Å². The predicted octanol–water partition coefficient (Wildman–Crippen LogP) is 3.85. The number of nitrogens with zero attached hydrogens (tertiary/aromatic N) is 1. The zero-order valence-electron chi connectivity index (χ0n) is 13.2. The van der Waals surface area contributed by atoms with Gasteiger partial charge in [0.1, 0.15) is 0 Å². The standard InChI is InChI=1S/C16H24ClNO2S/c1-11(2)15-6-5-7-18(15)21(19,20)16-9-14(10-17)12(3)8-13(16)4/h8-9,11,15H,5-7,10H2,1-4H3. The largest absolute Gasteiger partial charge is 0.243 e. The number of hydrogen-bond acceptors (Lipinski definition) is 2. The van der Waals surface area contributed by atoms with Crippen molar-refractivity contribution in [3.63, 3.8) is 0 Å². The molecule has 1 aliphatic heterocycles. The normalized spacial score (nSPS) is 20.4. The van der Waals surface area contributed by atoms with Gasteiger partial charge in [-0.15, -0.1) is 11.6 Å². The van der Waals surface area contributed by atoms with Crippen LogP contribution in [0.2, 0.25) is 0 Å². The number of halogens is 1. The quantitative estimate of drug-likeness (QED) is 0.787. The Morgan fingerprint density at radius 1 is 1.29 bits per heavy atom. The van der Waals surface area contributed by atoms with E-state index >= 15 is 0 Å². The highest BCUT2D eigenvalue weighted by Crippen LogP contribution is 2.32. The van der Waals surface area contributed by atoms with Crippen LogP contribution in [-0.4, -0.2) is 25.3 Å². The minimum atomic E-state index is -3.44. The maximum Gasteiger partial charge on any atom is 0.243 e. The molecule has 0 saturated carbocycles. The Morgan fingerprint density at radius 3 is 2.52 bits per heavy atom. The van der Waals surface area contributed by atoms with Gasteiger partial charge in [-0.1, -0.05) is 19.9 Å². The van der Waals surface area contributed by atoms with E-state index in [-0.39, 0.29) is 6.04 Å². The maximum absolute atomic E-state index is 13.0. The van der Waals surface area contributed by atoms with Crippen molar-refractivity contribution >= 4 is 21.6 Å². The summed E-state index contributed by atoms with van der Waals surface area (Å²) in [7, 11) is -3.44. The van der Waals surface area contributed by atoms with Gasteiger partial charge in [-0.3, -0.25) is 0 Å². The molecule has 0 bridgehead atoms. The van der Waals surface area contributed by atoms with E-state index < -0.39 is 10.0 Å². The molecule has 1 aromatic carbocycles. The number of aryl methyl sites for hydroxylation is 2. The van der Waals surface area contributed by atoms with Crippen molar-refractivity contribution < 1.29 is 8.42 Å². The van der Waals surface area contributed by atoms with Gasteiger partial charge in [0.05, 0.1) is 4.90 Å². The maximum atomic E-state index is 13.0. The fourth-order valence-corrected chi connectivity index (χ4v) is 5.53. The smallest absolute Gasteiger partial charge is 0.207 e. The van der Waals surface area contributed by atoms with Gasteiger partial charge in [-0.25, -0.2) is 8.42 Å². The third kappa shape index (κ3) is 3.13. The summed E-state index contributed by atoms with van der Waals surface area (Å²) in [6.45, 7) is 8.62. The average Bonchev–Trinajstić information content (AvgIpc) is 2.88. The van der Waals surface area contributed by atoms with Gasteiger partial charge in [-0.2, -0.15) is 4.31 Å². The van der Waals surface area contributed by atoms with Crippen molar-refractivity contribution in [1.82, 2.24) is 4.31 Å². The lowest BCUT2D eigenvalue weighted by Gasteiger charge is -2.27. The Morgan fingerprint density at radius 2 is 1.95 bits per heavy atom. The molecule has 5 heteroatoms. The summed E-state index contributed by atoms with van der Waals surface area (Å²) >= 11 is 5.94. The van der Waals surface area contributed by atoms with Crippen molar-refractivity contribution in [3.05, 3.63) is 28.8 Å². The topological polar surface area (TPSA) is 37.4 Å². The summed E-state index contributed by atoms with van der Waals surface area (Å²) in [6.07, 6.45) is 1.89. The first-order chi connectivity index (χ1) is 9.78. The van der Waals surface area contributed by atoms with Crippen LogP contribution in [-0.2, 0) is 15.9 Å². The van der Waals surface area contributed by atoms with E-state index in [0.29, 0.717) is 23.2 Å². The molecule has 1 saturated heterocycles. The van der Waals surface area contributed by atoms with Crippen LogP contribution in [0.25, 0.3) is 0 Å². The van der Waals surface area contributed by atoms with E-state index in [0.717, 1.165) is 29.5 Å². The molecule has 118 valence electrons. The van der Waals surface area contributed by atoms with Crippen LogP contribution in [0.1, 0.15) is 43.4 Å². The lowest BCUT2D eigenvalue weighted by molar-refractivity contribution is 0.315. The van der Waals surface area contributed by atoms with Crippen molar-refractivity contribution in [1.29, 1.82) is 0 Å². The summed E-state index contributed by atoms with van der Waals surface area (Å²) in [5.74, 6) is 0.669. The molecule has 0 amide bonds. The first-order valence-corrected chi connectivity index (χ1v) is 9.44. The molecular weight excluding hydrogens is 306 g/mol. The van der Waals surface area contributed by atoms with Crippen LogP contribution in [0, 0.1) is 19.8 Å². The molecule has 1 aromatic rings. The van der Waals surface area contributed by atoms with Gasteiger partial charge in [0.2, 0.25) is 10.0 Å². The molecule has 1 atom stereocenters. The van der Waals surface area contributed by atoms with E-state index in [1.807, 2.05) is 19.9 Å². The van der Waals surface area contributed by atoms with Crippen molar-refractivity contribution in [3.8, 4) is 0 Å². The van der Waals surface area contributed by atoms with Crippen LogP contribution in [0.4, 0.5) is 0 Å². The first-order valence-electron chi connectivity index (χ1n) is 7.47. The lowest BCUT2D eigenvalue weighted by Crippen LogP contribution is -2.38.